The van der Waals surface area contributed by atoms with Gasteiger partial charge in [0, 0.05) is 0 Å². The van der Waals surface area contributed by atoms with Crippen LogP contribution in [0.15, 0.2) is 18.2 Å². The molecule has 2 aliphatic rings. The maximum atomic E-state index is 12.3. The number of carbonyl (C=O) groups excluding carboxylic acids is 1. The summed E-state index contributed by atoms with van der Waals surface area (Å²) < 4.78 is 11.5. The predicted molar refractivity (Wildman–Crippen MR) is 135 cm³/mol. The van der Waals surface area contributed by atoms with Crippen LogP contribution in [0.5, 0.6) is 5.75 Å². The Morgan fingerprint density at radius 2 is 1.94 bits per heavy atom. The van der Waals surface area contributed by atoms with Gasteiger partial charge in [-0.2, -0.15) is 0 Å². The van der Waals surface area contributed by atoms with Crippen LogP contribution in [0.3, 0.4) is 0 Å². The third-order valence-electron chi connectivity index (χ3n) is 8.19. The second-order valence-corrected chi connectivity index (χ2v) is 11.7. The molecule has 1 unspecified atom stereocenters. The molecule has 0 amide bonds. The normalized spacial score (nSPS) is 25.9. The largest absolute Gasteiger partial charge is 0.482 e. The minimum Gasteiger partial charge on any atom is -0.482 e. The van der Waals surface area contributed by atoms with E-state index in [4.69, 9.17) is 9.47 Å². The molecule has 192 valence electrons. The molecular formula is C29H46O5. The van der Waals surface area contributed by atoms with Crippen molar-refractivity contribution in [3.63, 3.8) is 0 Å². The van der Waals surface area contributed by atoms with Crippen LogP contribution in [0.4, 0.5) is 0 Å². The first-order valence-electron chi connectivity index (χ1n) is 13.4. The fourth-order valence-corrected chi connectivity index (χ4v) is 5.64. The number of aliphatic hydroxyl groups is 2. The Hall–Kier alpha value is -1.59. The van der Waals surface area contributed by atoms with E-state index in [1.54, 1.807) is 0 Å². The summed E-state index contributed by atoms with van der Waals surface area (Å²) in [7, 11) is 0. The van der Waals surface area contributed by atoms with E-state index in [0.717, 1.165) is 50.7 Å². The molecule has 2 aliphatic carbocycles. The van der Waals surface area contributed by atoms with Gasteiger partial charge in [-0.05, 0) is 85.8 Å². The number of benzene rings is 1. The minimum atomic E-state index is -0.345. The molecule has 0 aliphatic heterocycles. The van der Waals surface area contributed by atoms with Gasteiger partial charge in [0.25, 0.3) is 0 Å². The van der Waals surface area contributed by atoms with E-state index in [9.17, 15) is 15.0 Å². The summed E-state index contributed by atoms with van der Waals surface area (Å²) in [4.78, 5) is 12.3. The third kappa shape index (κ3) is 6.97. The number of hydrogen-bond donors (Lipinski definition) is 2. The molecule has 0 aromatic heterocycles. The van der Waals surface area contributed by atoms with E-state index in [1.807, 2.05) is 39.8 Å². The monoisotopic (exact) mass is 474 g/mol. The van der Waals surface area contributed by atoms with Gasteiger partial charge < -0.3 is 19.7 Å². The molecule has 2 N–H and O–H groups in total. The third-order valence-corrected chi connectivity index (χ3v) is 8.19. The molecule has 0 bridgehead atoms. The highest BCUT2D eigenvalue weighted by molar-refractivity contribution is 5.71. The summed E-state index contributed by atoms with van der Waals surface area (Å²) >= 11 is 0. The molecule has 1 saturated carbocycles. The van der Waals surface area contributed by atoms with Crippen molar-refractivity contribution in [3.05, 3.63) is 29.3 Å². The summed E-state index contributed by atoms with van der Waals surface area (Å²) in [5.41, 5.74) is 2.33. The first-order chi connectivity index (χ1) is 16.1. The molecule has 0 saturated heterocycles. The molecule has 0 spiro atoms. The van der Waals surface area contributed by atoms with Gasteiger partial charge in [-0.1, -0.05) is 59.1 Å². The summed E-state index contributed by atoms with van der Waals surface area (Å²) in [6, 6.07) is 6.09. The Bertz CT molecular complexity index is 798. The summed E-state index contributed by atoms with van der Waals surface area (Å²) in [6.07, 6.45) is 7.81. The fourth-order valence-electron chi connectivity index (χ4n) is 5.64. The topological polar surface area (TPSA) is 76.0 Å². The maximum Gasteiger partial charge on any atom is 0.344 e. The van der Waals surface area contributed by atoms with E-state index in [-0.39, 0.29) is 42.2 Å². The maximum absolute atomic E-state index is 12.3. The first-order valence-corrected chi connectivity index (χ1v) is 13.4. The molecule has 5 heteroatoms. The zero-order chi connectivity index (χ0) is 24.9. The van der Waals surface area contributed by atoms with Crippen LogP contribution in [0.25, 0.3) is 0 Å². The van der Waals surface area contributed by atoms with E-state index < -0.39 is 0 Å². The molecule has 1 aromatic carbocycles. The van der Waals surface area contributed by atoms with Crippen LogP contribution < -0.4 is 4.74 Å². The van der Waals surface area contributed by atoms with Crippen molar-refractivity contribution in [1.29, 1.82) is 0 Å². The average Bonchev–Trinajstić information content (AvgIpc) is 3.08. The zero-order valence-corrected chi connectivity index (χ0v) is 21.9. The van der Waals surface area contributed by atoms with Crippen molar-refractivity contribution in [2.45, 2.75) is 111 Å². The summed E-state index contributed by atoms with van der Waals surface area (Å²) in [6.45, 7) is 10.1. The standard InChI is InChI=1S/C29H46O5/c1-6-7-8-11-22(30)13-14-23-24-15-20-10-9-12-27(25(20)16-21(24)17-26(23)31)33-18-28(32)34-19(2)29(3,4)5/h9-10,12,19,21-24,26,30-31H,6-8,11,13-18H2,1-5H3/t19?,21-,22+,23+,24-,26+/m0/s1. The number of carbonyl (C=O) groups is 1. The van der Waals surface area contributed by atoms with Crippen LogP contribution in [-0.2, 0) is 22.4 Å². The van der Waals surface area contributed by atoms with Crippen molar-refractivity contribution in [1.82, 2.24) is 0 Å². The molecule has 3 rings (SSSR count). The lowest BCUT2D eigenvalue weighted by atomic mass is 9.73. The number of esters is 1. The Kier molecular flexibility index (Phi) is 9.45. The van der Waals surface area contributed by atoms with Crippen molar-refractivity contribution < 1.29 is 24.5 Å². The van der Waals surface area contributed by atoms with Crippen LogP contribution >= 0.6 is 0 Å². The van der Waals surface area contributed by atoms with E-state index >= 15 is 0 Å². The molecular weight excluding hydrogens is 428 g/mol. The van der Waals surface area contributed by atoms with Gasteiger partial charge in [0.2, 0.25) is 0 Å². The second kappa shape index (κ2) is 11.9. The van der Waals surface area contributed by atoms with E-state index in [2.05, 4.69) is 13.0 Å². The summed E-state index contributed by atoms with van der Waals surface area (Å²) in [5, 5.41) is 21.2. The highest BCUT2D eigenvalue weighted by Gasteiger charge is 2.44. The van der Waals surface area contributed by atoms with Gasteiger partial charge >= 0.3 is 5.97 Å². The SMILES string of the molecule is CCCCC[C@@H](O)CC[C@@H]1[C@H]2Cc3cccc(OCC(=O)OC(C)C(C)(C)C)c3C[C@H]2C[C@H]1O. The molecule has 5 nitrogen and oxygen atoms in total. The first kappa shape index (κ1) is 27.0. The number of unbranched alkanes of at least 4 members (excludes halogenated alkanes) is 2. The Balaban J connectivity index is 1.58. The number of hydrogen-bond acceptors (Lipinski definition) is 5. The van der Waals surface area contributed by atoms with Crippen molar-refractivity contribution in [2.75, 3.05) is 6.61 Å². The molecule has 1 fully saturated rings. The highest BCUT2D eigenvalue weighted by Crippen LogP contribution is 2.48. The zero-order valence-electron chi connectivity index (χ0n) is 21.9. The lowest BCUT2D eigenvalue weighted by Gasteiger charge is -2.32. The number of aliphatic hydroxyl groups excluding tert-OH is 2. The average molecular weight is 475 g/mol. The van der Waals surface area contributed by atoms with Gasteiger partial charge in [-0.3, -0.25) is 0 Å². The van der Waals surface area contributed by atoms with Gasteiger partial charge in [0.05, 0.1) is 12.2 Å². The Morgan fingerprint density at radius 1 is 1.18 bits per heavy atom. The van der Waals surface area contributed by atoms with Crippen molar-refractivity contribution in [2.24, 2.45) is 23.2 Å². The van der Waals surface area contributed by atoms with E-state index in [0.29, 0.717) is 11.8 Å². The number of fused-ring (bicyclic) bond motifs is 2. The van der Waals surface area contributed by atoms with Gasteiger partial charge in [-0.15, -0.1) is 0 Å². The smallest absolute Gasteiger partial charge is 0.344 e. The Labute approximate surface area is 206 Å². The quantitative estimate of drug-likeness (QED) is 0.328. The predicted octanol–water partition coefficient (Wildman–Crippen LogP) is 5.48. The van der Waals surface area contributed by atoms with Crippen LogP contribution in [0, 0.1) is 23.2 Å². The minimum absolute atomic E-state index is 0.0911. The summed E-state index contributed by atoms with van der Waals surface area (Å²) in [5.74, 6) is 1.53. The lowest BCUT2D eigenvalue weighted by Crippen LogP contribution is -2.31. The van der Waals surface area contributed by atoms with Gasteiger partial charge in [-0.25, -0.2) is 4.79 Å². The van der Waals surface area contributed by atoms with Gasteiger partial charge in [0.1, 0.15) is 11.9 Å². The van der Waals surface area contributed by atoms with Crippen LogP contribution in [-0.4, -0.2) is 41.1 Å². The Morgan fingerprint density at radius 3 is 2.65 bits per heavy atom. The van der Waals surface area contributed by atoms with E-state index in [1.165, 1.54) is 24.0 Å². The number of ether oxygens (including phenoxy) is 2. The molecule has 6 atom stereocenters. The van der Waals surface area contributed by atoms with Crippen LogP contribution in [0.2, 0.25) is 0 Å². The molecule has 0 radical (unpaired) electrons. The lowest BCUT2D eigenvalue weighted by molar-refractivity contribution is -0.155. The molecule has 1 aromatic rings. The molecule has 0 heterocycles. The van der Waals surface area contributed by atoms with Crippen LogP contribution in [0.1, 0.15) is 90.7 Å². The number of rotatable bonds is 11. The fraction of sp³-hybridized carbons (Fsp3) is 0.759. The second-order valence-electron chi connectivity index (χ2n) is 11.7. The van der Waals surface area contributed by atoms with Crippen molar-refractivity contribution in [3.8, 4) is 5.75 Å². The van der Waals surface area contributed by atoms with Gasteiger partial charge in [0.15, 0.2) is 6.61 Å². The molecule has 34 heavy (non-hydrogen) atoms. The highest BCUT2D eigenvalue weighted by atomic mass is 16.6. The van der Waals surface area contributed by atoms with Crippen molar-refractivity contribution >= 4 is 5.97 Å².